The van der Waals surface area contributed by atoms with Crippen LogP contribution in [0.5, 0.6) is 5.75 Å². The summed E-state index contributed by atoms with van der Waals surface area (Å²) < 4.78 is 0. The van der Waals surface area contributed by atoms with Gasteiger partial charge in [-0.15, -0.1) is 0 Å². The zero-order chi connectivity index (χ0) is 35.2. The Labute approximate surface area is 303 Å². The second kappa shape index (κ2) is 12.6. The standard InChI is InChI=1S/C47H36N4O/c1-47(2)38-20-12-13-21-42(38)51(45-31-33(28-29-48-45)32-14-6-3-7-15-32)43-30-34(22-24-39(43)47)40-25-23-37-41(26-27-44(52)46(37)49-40)50(35-16-8-4-9-17-35)36-18-10-5-11-19-36/h3-31,52H,1-2H3. The van der Waals surface area contributed by atoms with E-state index in [4.69, 9.17) is 9.97 Å². The smallest absolute Gasteiger partial charge is 0.141 e. The molecule has 2 aromatic heterocycles. The van der Waals surface area contributed by atoms with Crippen LogP contribution in [0.15, 0.2) is 176 Å². The molecule has 52 heavy (non-hydrogen) atoms. The molecule has 0 fully saturated rings. The Kier molecular flexibility index (Phi) is 7.55. The van der Waals surface area contributed by atoms with E-state index in [-0.39, 0.29) is 11.2 Å². The number of nitrogens with zero attached hydrogens (tertiary/aromatic N) is 4. The Hall–Kier alpha value is -6.72. The molecule has 0 atom stereocenters. The van der Waals surface area contributed by atoms with Gasteiger partial charge in [-0.2, -0.15) is 0 Å². The Morgan fingerprint density at radius 3 is 1.94 bits per heavy atom. The molecule has 0 bridgehead atoms. The van der Waals surface area contributed by atoms with Gasteiger partial charge in [-0.25, -0.2) is 9.97 Å². The summed E-state index contributed by atoms with van der Waals surface area (Å²) >= 11 is 0. The van der Waals surface area contributed by atoms with Gasteiger partial charge in [0.25, 0.3) is 0 Å². The number of anilines is 6. The number of phenols is 1. The van der Waals surface area contributed by atoms with Crippen molar-refractivity contribution in [3.8, 4) is 28.1 Å². The zero-order valence-corrected chi connectivity index (χ0v) is 29.0. The number of benzene rings is 6. The largest absolute Gasteiger partial charge is 0.506 e. The van der Waals surface area contributed by atoms with E-state index in [2.05, 4.69) is 139 Å². The highest BCUT2D eigenvalue weighted by Gasteiger charge is 2.37. The molecule has 5 nitrogen and oxygen atoms in total. The van der Waals surface area contributed by atoms with Crippen LogP contribution in [0.3, 0.4) is 0 Å². The lowest BCUT2D eigenvalue weighted by Crippen LogP contribution is -2.31. The van der Waals surface area contributed by atoms with Crippen molar-refractivity contribution in [3.05, 3.63) is 187 Å². The first-order valence-electron chi connectivity index (χ1n) is 17.6. The van der Waals surface area contributed by atoms with E-state index in [1.54, 1.807) is 6.07 Å². The van der Waals surface area contributed by atoms with Gasteiger partial charge in [0.05, 0.1) is 22.8 Å². The van der Waals surface area contributed by atoms with E-state index in [1.165, 1.54) is 11.1 Å². The molecule has 0 radical (unpaired) electrons. The molecule has 0 spiro atoms. The van der Waals surface area contributed by atoms with Crippen molar-refractivity contribution in [2.24, 2.45) is 0 Å². The zero-order valence-electron chi connectivity index (χ0n) is 29.0. The first kappa shape index (κ1) is 31.3. The number of aromatic hydroxyl groups is 1. The number of hydrogen-bond acceptors (Lipinski definition) is 5. The predicted molar refractivity (Wildman–Crippen MR) is 214 cm³/mol. The molecule has 0 unspecified atom stereocenters. The van der Waals surface area contributed by atoms with E-state index in [1.807, 2.05) is 54.7 Å². The number of pyridine rings is 2. The first-order valence-corrected chi connectivity index (χ1v) is 17.6. The molecule has 1 aliphatic rings. The van der Waals surface area contributed by atoms with Gasteiger partial charge < -0.3 is 10.0 Å². The van der Waals surface area contributed by atoms with Crippen molar-refractivity contribution in [2.45, 2.75) is 19.3 Å². The molecular weight excluding hydrogens is 637 g/mol. The van der Waals surface area contributed by atoms with Gasteiger partial charge >= 0.3 is 0 Å². The molecular formula is C47H36N4O. The number of fused-ring (bicyclic) bond motifs is 3. The molecule has 9 rings (SSSR count). The van der Waals surface area contributed by atoms with Gasteiger partial charge in [-0.3, -0.25) is 4.90 Å². The van der Waals surface area contributed by atoms with Crippen molar-refractivity contribution in [3.63, 3.8) is 0 Å². The number of aromatic nitrogens is 2. The molecule has 1 aliphatic heterocycles. The van der Waals surface area contributed by atoms with Crippen molar-refractivity contribution < 1.29 is 5.11 Å². The lowest BCUT2D eigenvalue weighted by atomic mass is 9.73. The van der Waals surface area contributed by atoms with Crippen LogP contribution in [0, 0.1) is 0 Å². The fourth-order valence-corrected chi connectivity index (χ4v) is 7.60. The SMILES string of the molecule is CC1(C)c2ccccc2N(c2cc(-c3ccccc3)ccn2)c2cc(-c3ccc4c(N(c5ccccc5)c5ccccc5)ccc(O)c4n3)ccc21. The summed E-state index contributed by atoms with van der Waals surface area (Å²) in [6.45, 7) is 4.57. The van der Waals surface area contributed by atoms with Crippen molar-refractivity contribution >= 4 is 45.2 Å². The normalized spacial score (nSPS) is 13.0. The summed E-state index contributed by atoms with van der Waals surface area (Å²) in [6, 6.07) is 58.3. The second-order valence-corrected chi connectivity index (χ2v) is 13.7. The monoisotopic (exact) mass is 672 g/mol. The summed E-state index contributed by atoms with van der Waals surface area (Å²) in [6.07, 6.45) is 1.89. The molecule has 0 saturated carbocycles. The Bertz CT molecular complexity index is 2530. The van der Waals surface area contributed by atoms with Crippen LogP contribution >= 0.6 is 0 Å². The maximum atomic E-state index is 11.3. The van der Waals surface area contributed by atoms with Crippen LogP contribution in [0.2, 0.25) is 0 Å². The van der Waals surface area contributed by atoms with Crippen LogP contribution < -0.4 is 9.80 Å². The molecule has 250 valence electrons. The van der Waals surface area contributed by atoms with Gasteiger partial charge in [0.1, 0.15) is 17.1 Å². The summed E-state index contributed by atoms with van der Waals surface area (Å²) in [7, 11) is 0. The average molecular weight is 673 g/mol. The van der Waals surface area contributed by atoms with Gasteiger partial charge in [0, 0.05) is 33.9 Å². The quantitative estimate of drug-likeness (QED) is 0.190. The second-order valence-electron chi connectivity index (χ2n) is 13.7. The highest BCUT2D eigenvalue weighted by molar-refractivity contribution is 6.01. The van der Waals surface area contributed by atoms with E-state index in [0.29, 0.717) is 5.52 Å². The minimum absolute atomic E-state index is 0.137. The van der Waals surface area contributed by atoms with E-state index < -0.39 is 0 Å². The van der Waals surface area contributed by atoms with E-state index in [0.717, 1.165) is 62.0 Å². The predicted octanol–water partition coefficient (Wildman–Crippen LogP) is 12.2. The molecule has 3 heterocycles. The molecule has 0 saturated heterocycles. The van der Waals surface area contributed by atoms with Crippen molar-refractivity contribution in [1.29, 1.82) is 0 Å². The lowest BCUT2D eigenvalue weighted by molar-refractivity contribution is 0.480. The lowest BCUT2D eigenvalue weighted by Gasteiger charge is -2.41. The molecule has 0 amide bonds. The molecule has 6 aromatic carbocycles. The highest BCUT2D eigenvalue weighted by Crippen LogP contribution is 2.52. The maximum absolute atomic E-state index is 11.3. The Balaban J connectivity index is 1.20. The third kappa shape index (κ3) is 5.26. The number of para-hydroxylation sites is 3. The number of rotatable bonds is 6. The molecule has 1 N–H and O–H groups in total. The van der Waals surface area contributed by atoms with E-state index in [9.17, 15) is 5.11 Å². The summed E-state index contributed by atoms with van der Waals surface area (Å²) in [5.41, 5.74) is 11.8. The minimum atomic E-state index is -0.250. The van der Waals surface area contributed by atoms with Crippen molar-refractivity contribution in [2.75, 3.05) is 9.80 Å². The summed E-state index contributed by atoms with van der Waals surface area (Å²) in [5, 5.41) is 12.1. The maximum Gasteiger partial charge on any atom is 0.141 e. The number of phenolic OH excluding ortho intramolecular Hbond substituents is 1. The molecule has 8 aromatic rings. The molecule has 0 aliphatic carbocycles. The Morgan fingerprint density at radius 1 is 0.558 bits per heavy atom. The van der Waals surface area contributed by atoms with Gasteiger partial charge in [0.2, 0.25) is 0 Å². The molecule has 5 heteroatoms. The third-order valence-corrected chi connectivity index (χ3v) is 10.2. The first-order chi connectivity index (χ1) is 25.5. The highest BCUT2D eigenvalue weighted by atomic mass is 16.3. The van der Waals surface area contributed by atoms with Crippen LogP contribution in [-0.2, 0) is 5.41 Å². The summed E-state index contributed by atoms with van der Waals surface area (Å²) in [4.78, 5) is 14.6. The van der Waals surface area contributed by atoms with Gasteiger partial charge in [-0.1, -0.05) is 111 Å². The van der Waals surface area contributed by atoms with Crippen LogP contribution in [0.25, 0.3) is 33.3 Å². The van der Waals surface area contributed by atoms with Crippen LogP contribution in [-0.4, -0.2) is 15.1 Å². The van der Waals surface area contributed by atoms with E-state index >= 15 is 0 Å². The Morgan fingerprint density at radius 2 is 1.21 bits per heavy atom. The fraction of sp³-hybridized carbons (Fsp3) is 0.0638. The average Bonchev–Trinajstić information content (AvgIpc) is 3.20. The topological polar surface area (TPSA) is 52.5 Å². The van der Waals surface area contributed by atoms with Crippen molar-refractivity contribution in [1.82, 2.24) is 9.97 Å². The van der Waals surface area contributed by atoms with Gasteiger partial charge in [-0.05, 0) is 95.1 Å². The third-order valence-electron chi connectivity index (χ3n) is 10.2. The summed E-state index contributed by atoms with van der Waals surface area (Å²) in [5.74, 6) is 0.983. The number of hydrogen-bond donors (Lipinski definition) is 1. The van der Waals surface area contributed by atoms with Gasteiger partial charge in [0.15, 0.2) is 0 Å². The minimum Gasteiger partial charge on any atom is -0.506 e. The van der Waals surface area contributed by atoms with Crippen LogP contribution in [0.4, 0.5) is 34.3 Å². The fourth-order valence-electron chi connectivity index (χ4n) is 7.60. The van der Waals surface area contributed by atoms with Crippen LogP contribution in [0.1, 0.15) is 25.0 Å².